The third kappa shape index (κ3) is 6.52. The molecule has 0 spiro atoms. The van der Waals surface area contributed by atoms with E-state index in [0.717, 1.165) is 27.0 Å². The molecule has 182 valence electrons. The third-order valence-corrected chi connectivity index (χ3v) is 5.88. The first-order chi connectivity index (χ1) is 17.4. The number of rotatable bonds is 8. The third-order valence-electron chi connectivity index (χ3n) is 5.42. The van der Waals surface area contributed by atoms with E-state index in [1.807, 2.05) is 80.6 Å². The monoisotopic (exact) mass is 543 g/mol. The Balaban J connectivity index is 1.38. The molecule has 7 heteroatoms. The molecule has 0 aliphatic heterocycles. The summed E-state index contributed by atoms with van der Waals surface area (Å²) in [4.78, 5) is 25.6. The lowest BCUT2D eigenvalue weighted by Crippen LogP contribution is -2.23. The van der Waals surface area contributed by atoms with Crippen LogP contribution in [0, 0.1) is 13.8 Å². The van der Waals surface area contributed by atoms with E-state index in [-0.39, 0.29) is 18.4 Å². The van der Waals surface area contributed by atoms with Crippen LogP contribution in [-0.2, 0) is 4.79 Å². The Labute approximate surface area is 218 Å². The molecule has 3 N–H and O–H groups in total. The Morgan fingerprint density at radius 2 is 1.33 bits per heavy atom. The molecule has 0 unspecified atom stereocenters. The molecule has 0 bridgehead atoms. The molecular formula is C29H26BrN3O3. The smallest absolute Gasteiger partial charge is 0.262 e. The summed E-state index contributed by atoms with van der Waals surface area (Å²) >= 11 is 3.46. The van der Waals surface area contributed by atoms with Gasteiger partial charge in [0, 0.05) is 21.5 Å². The number of hydrogen-bond acceptors (Lipinski definition) is 4. The fourth-order valence-corrected chi connectivity index (χ4v) is 4.45. The van der Waals surface area contributed by atoms with E-state index in [1.165, 1.54) is 0 Å². The molecule has 2 amide bonds. The average Bonchev–Trinajstić information content (AvgIpc) is 2.85. The zero-order valence-corrected chi connectivity index (χ0v) is 21.6. The van der Waals surface area contributed by atoms with E-state index in [4.69, 9.17) is 4.74 Å². The molecule has 36 heavy (non-hydrogen) atoms. The largest absolute Gasteiger partial charge is 0.483 e. The Bertz CT molecular complexity index is 1350. The topological polar surface area (TPSA) is 79.5 Å². The van der Waals surface area contributed by atoms with E-state index < -0.39 is 0 Å². The van der Waals surface area contributed by atoms with E-state index in [0.29, 0.717) is 22.7 Å². The molecule has 0 atom stereocenters. The first-order valence-electron chi connectivity index (χ1n) is 11.4. The Kier molecular flexibility index (Phi) is 8.02. The molecule has 4 aromatic rings. The first-order valence-corrected chi connectivity index (χ1v) is 12.2. The number of benzene rings is 4. The molecule has 0 aromatic heterocycles. The lowest BCUT2D eigenvalue weighted by atomic mass is 10.1. The number of carbonyl (C=O) groups excluding carboxylic acids is 2. The number of anilines is 4. The van der Waals surface area contributed by atoms with Crippen molar-refractivity contribution in [2.45, 2.75) is 13.8 Å². The predicted molar refractivity (Wildman–Crippen MR) is 148 cm³/mol. The van der Waals surface area contributed by atoms with Crippen molar-refractivity contribution in [1.29, 1.82) is 0 Å². The van der Waals surface area contributed by atoms with Gasteiger partial charge in [-0.2, -0.15) is 0 Å². The standard InChI is InChI=1S/C29H26BrN3O3/c1-19-16-21(30)17-20(2)28(19)36-18-27(34)33-26-11-7-6-10-25(26)29(35)32-24-14-12-23(13-15-24)31-22-8-4-3-5-9-22/h3-17,31H,18H2,1-2H3,(H,32,35)(H,33,34). The molecule has 4 rings (SSSR count). The van der Waals surface area contributed by atoms with Crippen LogP contribution in [0.5, 0.6) is 5.75 Å². The van der Waals surface area contributed by atoms with Gasteiger partial charge in [0.2, 0.25) is 0 Å². The van der Waals surface area contributed by atoms with Gasteiger partial charge in [0.15, 0.2) is 6.61 Å². The second-order valence-electron chi connectivity index (χ2n) is 8.27. The van der Waals surface area contributed by atoms with Gasteiger partial charge in [-0.05, 0) is 85.6 Å². The summed E-state index contributed by atoms with van der Waals surface area (Å²) in [7, 11) is 0. The van der Waals surface area contributed by atoms with Gasteiger partial charge in [0.1, 0.15) is 5.75 Å². The van der Waals surface area contributed by atoms with Crippen LogP contribution in [0.3, 0.4) is 0 Å². The number of nitrogens with one attached hydrogen (secondary N) is 3. The van der Waals surface area contributed by atoms with Crippen LogP contribution >= 0.6 is 15.9 Å². The maximum Gasteiger partial charge on any atom is 0.262 e. The molecule has 0 saturated heterocycles. The summed E-state index contributed by atoms with van der Waals surface area (Å²) in [5, 5.41) is 8.98. The van der Waals surface area contributed by atoms with Gasteiger partial charge < -0.3 is 20.7 Å². The highest BCUT2D eigenvalue weighted by molar-refractivity contribution is 9.10. The Morgan fingerprint density at radius 1 is 0.750 bits per heavy atom. The second kappa shape index (κ2) is 11.6. The van der Waals surface area contributed by atoms with Crippen molar-refractivity contribution in [3.05, 3.63) is 112 Å². The van der Waals surface area contributed by atoms with Gasteiger partial charge >= 0.3 is 0 Å². The van der Waals surface area contributed by atoms with Crippen LogP contribution < -0.4 is 20.7 Å². The van der Waals surface area contributed by atoms with Crippen molar-refractivity contribution in [2.24, 2.45) is 0 Å². The van der Waals surface area contributed by atoms with Crippen molar-refractivity contribution in [1.82, 2.24) is 0 Å². The summed E-state index contributed by atoms with van der Waals surface area (Å²) in [5.74, 6) is -0.00641. The lowest BCUT2D eigenvalue weighted by Gasteiger charge is -2.14. The average molecular weight is 544 g/mol. The van der Waals surface area contributed by atoms with E-state index >= 15 is 0 Å². The first kappa shape index (κ1) is 25.0. The number of aryl methyl sites for hydroxylation is 2. The highest BCUT2D eigenvalue weighted by atomic mass is 79.9. The summed E-state index contributed by atoms with van der Waals surface area (Å²) in [6.07, 6.45) is 0. The summed E-state index contributed by atoms with van der Waals surface area (Å²) in [5.41, 5.74) is 5.16. The minimum absolute atomic E-state index is 0.171. The molecule has 0 aliphatic carbocycles. The fourth-order valence-electron chi connectivity index (χ4n) is 3.76. The van der Waals surface area contributed by atoms with Gasteiger partial charge in [-0.1, -0.05) is 46.3 Å². The van der Waals surface area contributed by atoms with Crippen LogP contribution in [-0.4, -0.2) is 18.4 Å². The van der Waals surface area contributed by atoms with Gasteiger partial charge in [-0.25, -0.2) is 0 Å². The summed E-state index contributed by atoms with van der Waals surface area (Å²) in [6.45, 7) is 3.68. The predicted octanol–water partition coefficient (Wildman–Crippen LogP) is 7.08. The van der Waals surface area contributed by atoms with Crippen molar-refractivity contribution >= 4 is 50.5 Å². The summed E-state index contributed by atoms with van der Waals surface area (Å²) in [6, 6.07) is 28.0. The lowest BCUT2D eigenvalue weighted by molar-refractivity contribution is -0.118. The van der Waals surface area contributed by atoms with Crippen molar-refractivity contribution in [3.63, 3.8) is 0 Å². The number of para-hydroxylation sites is 2. The van der Waals surface area contributed by atoms with Crippen LogP contribution in [0.25, 0.3) is 0 Å². The van der Waals surface area contributed by atoms with Crippen molar-refractivity contribution in [2.75, 3.05) is 22.6 Å². The van der Waals surface area contributed by atoms with Gasteiger partial charge in [-0.3, -0.25) is 9.59 Å². The normalized spacial score (nSPS) is 10.4. The molecule has 0 heterocycles. The second-order valence-corrected chi connectivity index (χ2v) is 9.19. The maximum absolute atomic E-state index is 13.0. The number of hydrogen-bond donors (Lipinski definition) is 3. The number of amides is 2. The SMILES string of the molecule is Cc1cc(Br)cc(C)c1OCC(=O)Nc1ccccc1C(=O)Nc1ccc(Nc2ccccc2)cc1. The van der Waals surface area contributed by atoms with E-state index in [1.54, 1.807) is 24.3 Å². The van der Waals surface area contributed by atoms with Crippen LogP contribution in [0.4, 0.5) is 22.7 Å². The minimum Gasteiger partial charge on any atom is -0.483 e. The highest BCUT2D eigenvalue weighted by Crippen LogP contribution is 2.27. The summed E-state index contributed by atoms with van der Waals surface area (Å²) < 4.78 is 6.72. The Morgan fingerprint density at radius 3 is 2.03 bits per heavy atom. The Hall–Kier alpha value is -4.10. The van der Waals surface area contributed by atoms with Gasteiger partial charge in [-0.15, -0.1) is 0 Å². The molecular weight excluding hydrogens is 518 g/mol. The molecule has 0 radical (unpaired) electrons. The van der Waals surface area contributed by atoms with Gasteiger partial charge in [0.05, 0.1) is 11.3 Å². The van der Waals surface area contributed by atoms with Crippen LogP contribution in [0.1, 0.15) is 21.5 Å². The quantitative estimate of drug-likeness (QED) is 0.222. The maximum atomic E-state index is 13.0. The zero-order valence-electron chi connectivity index (χ0n) is 20.0. The zero-order chi connectivity index (χ0) is 25.5. The number of ether oxygens (including phenoxy) is 1. The van der Waals surface area contributed by atoms with Gasteiger partial charge in [0.25, 0.3) is 11.8 Å². The van der Waals surface area contributed by atoms with Crippen molar-refractivity contribution < 1.29 is 14.3 Å². The minimum atomic E-state index is -0.353. The van der Waals surface area contributed by atoms with Crippen LogP contribution in [0.2, 0.25) is 0 Å². The fraction of sp³-hybridized carbons (Fsp3) is 0.103. The molecule has 6 nitrogen and oxygen atoms in total. The van der Waals surface area contributed by atoms with Crippen molar-refractivity contribution in [3.8, 4) is 5.75 Å². The highest BCUT2D eigenvalue weighted by Gasteiger charge is 2.15. The molecule has 4 aromatic carbocycles. The molecule has 0 fully saturated rings. The molecule has 0 aliphatic rings. The number of carbonyl (C=O) groups is 2. The van der Waals surface area contributed by atoms with Crippen LogP contribution in [0.15, 0.2) is 95.5 Å². The van der Waals surface area contributed by atoms with E-state index in [2.05, 4.69) is 31.9 Å². The molecule has 0 saturated carbocycles. The number of halogens is 1. The van der Waals surface area contributed by atoms with E-state index in [9.17, 15) is 9.59 Å².